The number of halogens is 1. The summed E-state index contributed by atoms with van der Waals surface area (Å²) in [7, 11) is 3.34. The predicted molar refractivity (Wildman–Crippen MR) is 73.1 cm³/mol. The third-order valence-corrected chi connectivity index (χ3v) is 2.89. The molecule has 0 radical (unpaired) electrons. The van der Waals surface area contributed by atoms with E-state index in [4.69, 9.17) is 22.1 Å². The van der Waals surface area contributed by atoms with Gasteiger partial charge in [-0.1, -0.05) is 11.6 Å². The van der Waals surface area contributed by atoms with Crippen molar-refractivity contribution in [2.45, 2.75) is 6.04 Å². The van der Waals surface area contributed by atoms with Crippen molar-refractivity contribution >= 4 is 17.4 Å². The molecule has 0 fully saturated rings. The van der Waals surface area contributed by atoms with Gasteiger partial charge in [-0.15, -0.1) is 10.2 Å². The summed E-state index contributed by atoms with van der Waals surface area (Å²) in [6.45, 7) is 0. The standard InChI is InChI=1S/C12H14ClN5O/c1-15-11(8-5-7(13)6-16-12(8)14)9-3-4-10(19-2)18-17-9/h3-6,11,15H,1-2H3,(H2,14,16). The minimum Gasteiger partial charge on any atom is -0.480 e. The molecule has 0 aliphatic carbocycles. The monoisotopic (exact) mass is 279 g/mol. The minimum absolute atomic E-state index is 0.232. The van der Waals surface area contributed by atoms with Crippen molar-refractivity contribution in [2.24, 2.45) is 0 Å². The highest BCUT2D eigenvalue weighted by molar-refractivity contribution is 6.30. The van der Waals surface area contributed by atoms with Gasteiger partial charge in [-0.25, -0.2) is 4.98 Å². The third kappa shape index (κ3) is 2.91. The SMILES string of the molecule is CNC(c1ccc(OC)nn1)c1cc(Cl)cnc1N. The van der Waals surface area contributed by atoms with Gasteiger partial charge in [-0.3, -0.25) is 0 Å². The van der Waals surface area contributed by atoms with Crippen molar-refractivity contribution in [1.82, 2.24) is 20.5 Å². The lowest BCUT2D eigenvalue weighted by atomic mass is 10.0. The second-order valence-corrected chi connectivity index (χ2v) is 4.29. The molecule has 1 unspecified atom stereocenters. The van der Waals surface area contributed by atoms with E-state index in [2.05, 4.69) is 20.5 Å². The molecule has 0 saturated heterocycles. The fourth-order valence-corrected chi connectivity index (χ4v) is 1.92. The van der Waals surface area contributed by atoms with Gasteiger partial charge in [0.05, 0.1) is 23.9 Å². The number of hydrogen-bond donors (Lipinski definition) is 2. The van der Waals surface area contributed by atoms with Gasteiger partial charge < -0.3 is 15.8 Å². The highest BCUT2D eigenvalue weighted by Gasteiger charge is 2.18. The van der Waals surface area contributed by atoms with Crippen LogP contribution in [0.5, 0.6) is 5.88 Å². The Morgan fingerprint density at radius 3 is 2.74 bits per heavy atom. The lowest BCUT2D eigenvalue weighted by Crippen LogP contribution is -2.21. The van der Waals surface area contributed by atoms with E-state index in [1.54, 1.807) is 19.2 Å². The molecule has 0 aliphatic heterocycles. The van der Waals surface area contributed by atoms with E-state index in [1.807, 2.05) is 6.07 Å². The molecule has 0 saturated carbocycles. The summed E-state index contributed by atoms with van der Waals surface area (Å²) >= 11 is 5.95. The summed E-state index contributed by atoms with van der Waals surface area (Å²) < 4.78 is 4.98. The molecule has 2 aromatic heterocycles. The van der Waals surface area contributed by atoms with Crippen molar-refractivity contribution in [3.8, 4) is 5.88 Å². The summed E-state index contributed by atoms with van der Waals surface area (Å²) in [6.07, 6.45) is 1.51. The van der Waals surface area contributed by atoms with Crippen LogP contribution in [0.4, 0.5) is 5.82 Å². The largest absolute Gasteiger partial charge is 0.480 e. The molecule has 0 aromatic carbocycles. The molecule has 19 heavy (non-hydrogen) atoms. The van der Waals surface area contributed by atoms with Gasteiger partial charge in [0.15, 0.2) is 0 Å². The number of pyridine rings is 1. The first-order chi connectivity index (χ1) is 9.15. The third-order valence-electron chi connectivity index (χ3n) is 2.68. The van der Waals surface area contributed by atoms with Gasteiger partial charge in [-0.2, -0.15) is 0 Å². The minimum atomic E-state index is -0.232. The molecular weight excluding hydrogens is 266 g/mol. The highest BCUT2D eigenvalue weighted by Crippen LogP contribution is 2.26. The molecular formula is C12H14ClN5O. The Hall–Kier alpha value is -1.92. The fourth-order valence-electron chi connectivity index (χ4n) is 1.75. The summed E-state index contributed by atoms with van der Waals surface area (Å²) in [5, 5.41) is 11.7. The van der Waals surface area contributed by atoms with Crippen molar-refractivity contribution in [2.75, 3.05) is 19.9 Å². The molecule has 2 heterocycles. The van der Waals surface area contributed by atoms with Crippen molar-refractivity contribution < 1.29 is 4.74 Å². The van der Waals surface area contributed by atoms with Gasteiger partial charge in [-0.05, 0) is 19.2 Å². The second-order valence-electron chi connectivity index (χ2n) is 3.85. The quantitative estimate of drug-likeness (QED) is 0.880. The van der Waals surface area contributed by atoms with Crippen LogP contribution in [0, 0.1) is 0 Å². The summed E-state index contributed by atoms with van der Waals surface area (Å²) in [5.41, 5.74) is 7.34. The molecule has 2 rings (SSSR count). The number of hydrogen-bond acceptors (Lipinski definition) is 6. The molecule has 6 nitrogen and oxygen atoms in total. The Morgan fingerprint density at radius 1 is 1.37 bits per heavy atom. The van der Waals surface area contributed by atoms with E-state index in [1.165, 1.54) is 13.3 Å². The molecule has 0 aliphatic rings. The van der Waals surface area contributed by atoms with Crippen LogP contribution < -0.4 is 15.8 Å². The van der Waals surface area contributed by atoms with Gasteiger partial charge in [0.25, 0.3) is 0 Å². The van der Waals surface area contributed by atoms with Crippen LogP contribution in [0.3, 0.4) is 0 Å². The maximum absolute atomic E-state index is 5.95. The number of methoxy groups -OCH3 is 1. The first-order valence-corrected chi connectivity index (χ1v) is 5.99. The van der Waals surface area contributed by atoms with Crippen LogP contribution in [0.15, 0.2) is 24.4 Å². The Morgan fingerprint density at radius 2 is 2.16 bits per heavy atom. The zero-order chi connectivity index (χ0) is 13.8. The lowest BCUT2D eigenvalue weighted by Gasteiger charge is -2.17. The number of rotatable bonds is 4. The smallest absolute Gasteiger partial charge is 0.233 e. The van der Waals surface area contributed by atoms with E-state index in [-0.39, 0.29) is 6.04 Å². The molecule has 2 aromatic rings. The van der Waals surface area contributed by atoms with Crippen LogP contribution >= 0.6 is 11.6 Å². The molecule has 100 valence electrons. The number of ether oxygens (including phenoxy) is 1. The van der Waals surface area contributed by atoms with Gasteiger partial charge in [0, 0.05) is 17.8 Å². The first-order valence-electron chi connectivity index (χ1n) is 5.61. The molecule has 0 spiro atoms. The highest BCUT2D eigenvalue weighted by atomic mass is 35.5. The zero-order valence-electron chi connectivity index (χ0n) is 10.6. The zero-order valence-corrected chi connectivity index (χ0v) is 11.3. The number of nitrogen functional groups attached to an aromatic ring is 1. The Kier molecular flexibility index (Phi) is 4.13. The molecule has 1 atom stereocenters. The lowest BCUT2D eigenvalue weighted by molar-refractivity contribution is 0.390. The van der Waals surface area contributed by atoms with Crippen LogP contribution in [0.25, 0.3) is 0 Å². The van der Waals surface area contributed by atoms with Crippen molar-refractivity contribution in [3.63, 3.8) is 0 Å². The van der Waals surface area contributed by atoms with Crippen LogP contribution in [0.2, 0.25) is 5.02 Å². The van der Waals surface area contributed by atoms with Gasteiger partial charge >= 0.3 is 0 Å². The summed E-state index contributed by atoms with van der Waals surface area (Å²) in [5.74, 6) is 0.858. The van der Waals surface area contributed by atoms with E-state index in [0.717, 1.165) is 5.56 Å². The van der Waals surface area contributed by atoms with E-state index < -0.39 is 0 Å². The maximum atomic E-state index is 5.95. The van der Waals surface area contributed by atoms with Crippen LogP contribution in [0.1, 0.15) is 17.3 Å². The van der Waals surface area contributed by atoms with Crippen LogP contribution in [-0.2, 0) is 0 Å². The van der Waals surface area contributed by atoms with Crippen LogP contribution in [-0.4, -0.2) is 29.3 Å². The Labute approximate surface area is 116 Å². The molecule has 0 bridgehead atoms. The van der Waals surface area contributed by atoms with E-state index in [9.17, 15) is 0 Å². The maximum Gasteiger partial charge on any atom is 0.233 e. The fraction of sp³-hybridized carbons (Fsp3) is 0.250. The topological polar surface area (TPSA) is 86.0 Å². The van der Waals surface area contributed by atoms with Crippen molar-refractivity contribution in [3.05, 3.63) is 40.7 Å². The van der Waals surface area contributed by atoms with E-state index >= 15 is 0 Å². The summed E-state index contributed by atoms with van der Waals surface area (Å²) in [4.78, 5) is 4.04. The number of nitrogens with zero attached hydrogens (tertiary/aromatic N) is 3. The number of nitrogens with two attached hydrogens (primary N) is 1. The van der Waals surface area contributed by atoms with E-state index in [0.29, 0.717) is 22.4 Å². The number of nitrogens with one attached hydrogen (secondary N) is 1. The molecule has 3 N–H and O–H groups in total. The average molecular weight is 280 g/mol. The molecule has 7 heteroatoms. The summed E-state index contributed by atoms with van der Waals surface area (Å²) in [6, 6.07) is 5.08. The normalized spacial score (nSPS) is 12.2. The van der Waals surface area contributed by atoms with Gasteiger partial charge in [0.1, 0.15) is 5.82 Å². The Balaban J connectivity index is 2.40. The van der Waals surface area contributed by atoms with Gasteiger partial charge in [0.2, 0.25) is 5.88 Å². The Bertz CT molecular complexity index is 561. The number of anilines is 1. The first kappa shape index (κ1) is 13.5. The molecule has 0 amide bonds. The second kappa shape index (κ2) is 5.81. The van der Waals surface area contributed by atoms with Crippen molar-refractivity contribution in [1.29, 1.82) is 0 Å². The average Bonchev–Trinajstić information content (AvgIpc) is 2.44. The number of aromatic nitrogens is 3. The predicted octanol–water partition coefficient (Wildman–Crippen LogP) is 1.42.